The number of carboxylic acids is 1. The lowest BCUT2D eigenvalue weighted by Crippen LogP contribution is -2.39. The summed E-state index contributed by atoms with van der Waals surface area (Å²) in [7, 11) is 0. The number of esters is 1. The number of carbonyl (C=O) groups is 4. The van der Waals surface area contributed by atoms with Crippen molar-refractivity contribution < 1.29 is 29.0 Å². The van der Waals surface area contributed by atoms with Gasteiger partial charge in [-0.1, -0.05) is 56.9 Å². The normalized spacial score (nSPS) is 21.7. The largest absolute Gasteiger partial charge is 0.475 e. The molecule has 240 valence electrons. The Balaban J connectivity index is 0.000000422. The smallest absolute Gasteiger partial charge is 0.374 e. The minimum atomic E-state index is -1.24. The van der Waals surface area contributed by atoms with Crippen LogP contribution in [0.4, 0.5) is 0 Å². The Morgan fingerprint density at radius 2 is 1.31 bits per heavy atom. The molecule has 2 saturated carbocycles. The zero-order chi connectivity index (χ0) is 31.7. The summed E-state index contributed by atoms with van der Waals surface area (Å²) in [5.41, 5.74) is 2.08. The first-order chi connectivity index (χ1) is 19.8. The molecule has 0 spiro atoms. The molecule has 42 heavy (non-hydrogen) atoms. The molecule has 2 atom stereocenters. The Labute approximate surface area is 256 Å². The monoisotopic (exact) mass is 588 g/mol. The molecule has 6 nitrogen and oxygen atoms in total. The van der Waals surface area contributed by atoms with E-state index in [4.69, 9.17) is 4.74 Å². The molecule has 0 aromatic carbocycles. The predicted octanol–water partition coefficient (Wildman–Crippen LogP) is 9.06. The van der Waals surface area contributed by atoms with Gasteiger partial charge in [0.25, 0.3) is 0 Å². The van der Waals surface area contributed by atoms with Crippen LogP contribution < -0.4 is 0 Å². The van der Waals surface area contributed by atoms with Gasteiger partial charge in [-0.05, 0) is 129 Å². The molecule has 6 heteroatoms. The van der Waals surface area contributed by atoms with Gasteiger partial charge >= 0.3 is 11.9 Å². The van der Waals surface area contributed by atoms with Crippen LogP contribution in [0.15, 0.2) is 23.3 Å². The standard InChI is InChI=1S/C19H32O3.C17H28O3/c1-14(2)6-5-7-15(3)8-11-19(17(20)18(21)22)12-9-16(4)10-13-19;1-13(2)7-6-8-14(3)11-12-20-17(19)16(18)15-9-4-5-10-15/h6,15-16H,5,7-13H2,1-4H3,(H,21,22);7,14-15H,4-6,8-12H2,1-3H3. The highest BCUT2D eigenvalue weighted by Crippen LogP contribution is 2.44. The maximum atomic E-state index is 12.2. The van der Waals surface area contributed by atoms with Gasteiger partial charge in [0, 0.05) is 11.3 Å². The fourth-order valence-electron chi connectivity index (χ4n) is 6.04. The van der Waals surface area contributed by atoms with E-state index in [1.807, 2.05) is 0 Å². The predicted molar refractivity (Wildman–Crippen MR) is 170 cm³/mol. The van der Waals surface area contributed by atoms with E-state index in [1.54, 1.807) is 0 Å². The molecule has 2 fully saturated rings. The molecule has 0 aromatic heterocycles. The van der Waals surface area contributed by atoms with Gasteiger partial charge in [-0.3, -0.25) is 9.59 Å². The van der Waals surface area contributed by atoms with Crippen molar-refractivity contribution in [3.8, 4) is 0 Å². The molecule has 0 amide bonds. The van der Waals surface area contributed by atoms with Crippen LogP contribution in [0.25, 0.3) is 0 Å². The third-order valence-electron chi connectivity index (χ3n) is 9.22. The van der Waals surface area contributed by atoms with Crippen LogP contribution in [0.2, 0.25) is 0 Å². The van der Waals surface area contributed by atoms with Gasteiger partial charge in [-0.25, -0.2) is 9.59 Å². The fourth-order valence-corrected chi connectivity index (χ4v) is 6.04. The summed E-state index contributed by atoms with van der Waals surface area (Å²) >= 11 is 0. The second-order valence-corrected chi connectivity index (χ2v) is 13.8. The van der Waals surface area contributed by atoms with Crippen LogP contribution in [0.3, 0.4) is 0 Å². The number of aliphatic carboxylic acids is 1. The number of carbonyl (C=O) groups excluding carboxylic acids is 3. The Morgan fingerprint density at radius 1 is 0.810 bits per heavy atom. The van der Waals surface area contributed by atoms with E-state index in [0.29, 0.717) is 24.4 Å². The van der Waals surface area contributed by atoms with E-state index < -0.39 is 23.1 Å². The SMILES string of the molecule is CC(C)=CCCC(C)CCC1(C(=O)C(=O)O)CCC(C)CC1.CC(C)=CCCC(C)CCOC(=O)C(=O)C1CCCC1. The quantitative estimate of drug-likeness (QED) is 0.110. The molecule has 2 aliphatic carbocycles. The summed E-state index contributed by atoms with van der Waals surface area (Å²) in [6.45, 7) is 15.3. The fraction of sp³-hybridized carbons (Fsp3) is 0.778. The van der Waals surface area contributed by atoms with Crippen molar-refractivity contribution in [3.05, 3.63) is 23.3 Å². The number of ketones is 2. The molecule has 0 bridgehead atoms. The minimum Gasteiger partial charge on any atom is -0.475 e. The molecule has 2 aliphatic rings. The van der Waals surface area contributed by atoms with E-state index in [9.17, 15) is 24.3 Å². The maximum absolute atomic E-state index is 12.2. The highest BCUT2D eigenvalue weighted by atomic mass is 16.5. The molecular weight excluding hydrogens is 528 g/mol. The van der Waals surface area contributed by atoms with E-state index >= 15 is 0 Å². The van der Waals surface area contributed by atoms with Crippen LogP contribution in [-0.4, -0.2) is 35.2 Å². The Morgan fingerprint density at radius 3 is 1.79 bits per heavy atom. The lowest BCUT2D eigenvalue weighted by molar-refractivity contribution is -0.156. The molecular formula is C36H60O6. The number of carboxylic acid groups (broad SMARTS) is 1. The van der Waals surface area contributed by atoms with E-state index in [2.05, 4.69) is 60.6 Å². The summed E-state index contributed by atoms with van der Waals surface area (Å²) in [6, 6.07) is 0. The second kappa shape index (κ2) is 19.9. The summed E-state index contributed by atoms with van der Waals surface area (Å²) in [4.78, 5) is 46.9. The summed E-state index contributed by atoms with van der Waals surface area (Å²) < 4.78 is 5.11. The van der Waals surface area contributed by atoms with Crippen molar-refractivity contribution in [1.82, 2.24) is 0 Å². The first-order valence-corrected chi connectivity index (χ1v) is 16.5. The highest BCUT2D eigenvalue weighted by Gasteiger charge is 2.43. The topological polar surface area (TPSA) is 97.7 Å². The lowest BCUT2D eigenvalue weighted by atomic mass is 9.65. The maximum Gasteiger partial charge on any atom is 0.374 e. The zero-order valence-corrected chi connectivity index (χ0v) is 27.8. The number of rotatable bonds is 16. The number of hydrogen-bond donors (Lipinski definition) is 1. The number of ether oxygens (including phenoxy) is 1. The van der Waals surface area contributed by atoms with Crippen LogP contribution in [0.1, 0.15) is 145 Å². The molecule has 0 aliphatic heterocycles. The third kappa shape index (κ3) is 14.8. The van der Waals surface area contributed by atoms with Crippen LogP contribution >= 0.6 is 0 Å². The molecule has 0 heterocycles. The first-order valence-electron chi connectivity index (χ1n) is 16.5. The zero-order valence-electron chi connectivity index (χ0n) is 27.8. The van der Waals surface area contributed by atoms with Crippen LogP contribution in [0.5, 0.6) is 0 Å². The van der Waals surface area contributed by atoms with Gasteiger partial charge in [-0.15, -0.1) is 0 Å². The summed E-state index contributed by atoms with van der Waals surface area (Å²) in [6.07, 6.45) is 18.6. The minimum absolute atomic E-state index is 0.0717. The Kier molecular flexibility index (Phi) is 17.9. The van der Waals surface area contributed by atoms with Crippen molar-refractivity contribution in [2.24, 2.45) is 29.1 Å². The molecule has 2 rings (SSSR count). The molecule has 0 radical (unpaired) electrons. The molecule has 1 N–H and O–H groups in total. The van der Waals surface area contributed by atoms with E-state index in [1.165, 1.54) is 11.1 Å². The molecule has 2 unspecified atom stereocenters. The number of Topliss-reactive ketones (excluding diaryl/α,β-unsaturated/α-hetero) is 2. The van der Waals surface area contributed by atoms with Crippen molar-refractivity contribution in [2.75, 3.05) is 6.61 Å². The first kappa shape index (κ1) is 37.8. The highest BCUT2D eigenvalue weighted by molar-refractivity contribution is 6.35. The lowest BCUT2D eigenvalue weighted by Gasteiger charge is -2.37. The average Bonchev–Trinajstić information content (AvgIpc) is 3.47. The van der Waals surface area contributed by atoms with E-state index in [0.717, 1.165) is 96.3 Å². The van der Waals surface area contributed by atoms with Crippen molar-refractivity contribution >= 4 is 23.5 Å². The van der Waals surface area contributed by atoms with E-state index in [-0.39, 0.29) is 11.7 Å². The summed E-state index contributed by atoms with van der Waals surface area (Å²) in [5.74, 6) is -1.12. The van der Waals surface area contributed by atoms with Crippen LogP contribution in [-0.2, 0) is 23.9 Å². The van der Waals surface area contributed by atoms with Crippen molar-refractivity contribution in [1.29, 1.82) is 0 Å². The number of hydrogen-bond acceptors (Lipinski definition) is 5. The average molecular weight is 589 g/mol. The van der Waals surface area contributed by atoms with Gasteiger partial charge in [0.15, 0.2) is 0 Å². The van der Waals surface area contributed by atoms with Gasteiger partial charge < -0.3 is 9.84 Å². The second-order valence-electron chi connectivity index (χ2n) is 13.8. The van der Waals surface area contributed by atoms with Gasteiger partial charge in [0.1, 0.15) is 0 Å². The van der Waals surface area contributed by atoms with Crippen molar-refractivity contribution in [2.45, 2.75) is 145 Å². The Bertz CT molecular complexity index is 907. The summed E-state index contributed by atoms with van der Waals surface area (Å²) in [5, 5.41) is 9.18. The van der Waals surface area contributed by atoms with Gasteiger partial charge in [0.05, 0.1) is 6.61 Å². The van der Waals surface area contributed by atoms with Crippen LogP contribution in [0, 0.1) is 29.1 Å². The molecule has 0 saturated heterocycles. The Hall–Kier alpha value is -2.24. The third-order valence-corrected chi connectivity index (χ3v) is 9.22. The number of allylic oxidation sites excluding steroid dienone is 4. The molecule has 0 aromatic rings. The van der Waals surface area contributed by atoms with Gasteiger partial charge in [0.2, 0.25) is 11.6 Å². The van der Waals surface area contributed by atoms with Gasteiger partial charge in [-0.2, -0.15) is 0 Å². The van der Waals surface area contributed by atoms with Crippen molar-refractivity contribution in [3.63, 3.8) is 0 Å².